The highest BCUT2D eigenvalue weighted by Gasteiger charge is 2.34. The maximum absolute atomic E-state index is 12.6. The van der Waals surface area contributed by atoms with Gasteiger partial charge in [0.15, 0.2) is 0 Å². The topological polar surface area (TPSA) is 55.6 Å². The van der Waals surface area contributed by atoms with Gasteiger partial charge in [0.2, 0.25) is 5.91 Å². The van der Waals surface area contributed by atoms with Gasteiger partial charge in [-0.15, -0.1) is 12.4 Å². The average molecular weight is 389 g/mol. The van der Waals surface area contributed by atoms with E-state index in [0.29, 0.717) is 31.4 Å². The van der Waals surface area contributed by atoms with Crippen LogP contribution in [0.1, 0.15) is 29.0 Å². The summed E-state index contributed by atoms with van der Waals surface area (Å²) in [5.41, 5.74) is 9.57. The van der Waals surface area contributed by atoms with E-state index in [9.17, 15) is 4.79 Å². The second kappa shape index (κ2) is 9.77. The molecular weight excluding hydrogens is 360 g/mol. The van der Waals surface area contributed by atoms with Crippen LogP contribution in [0.2, 0.25) is 0 Å². The van der Waals surface area contributed by atoms with Gasteiger partial charge in [-0.05, 0) is 49.1 Å². The van der Waals surface area contributed by atoms with Crippen LogP contribution in [-0.2, 0) is 4.79 Å². The second-order valence-corrected chi connectivity index (χ2v) is 7.11. The van der Waals surface area contributed by atoms with Crippen LogP contribution in [0.25, 0.3) is 0 Å². The molecule has 0 aromatic heterocycles. The molecule has 3 rings (SSSR count). The van der Waals surface area contributed by atoms with Crippen molar-refractivity contribution in [1.82, 2.24) is 4.90 Å². The third-order valence-electron chi connectivity index (χ3n) is 5.45. The summed E-state index contributed by atoms with van der Waals surface area (Å²) in [7, 11) is 0. The highest BCUT2D eigenvalue weighted by Crippen LogP contribution is 2.32. The summed E-state index contributed by atoms with van der Waals surface area (Å²) in [4.78, 5) is 14.6. The molecular formula is C22H29ClN2O2. The van der Waals surface area contributed by atoms with Crippen LogP contribution < -0.4 is 10.5 Å². The van der Waals surface area contributed by atoms with Crippen molar-refractivity contribution in [3.63, 3.8) is 0 Å². The van der Waals surface area contributed by atoms with Crippen LogP contribution in [0.5, 0.6) is 5.75 Å². The smallest absolute Gasteiger partial charge is 0.226 e. The molecule has 0 saturated carbocycles. The first kappa shape index (κ1) is 21.3. The van der Waals surface area contributed by atoms with E-state index in [4.69, 9.17) is 10.5 Å². The van der Waals surface area contributed by atoms with Gasteiger partial charge in [0, 0.05) is 19.0 Å². The lowest BCUT2D eigenvalue weighted by Crippen LogP contribution is -2.30. The summed E-state index contributed by atoms with van der Waals surface area (Å²) in [5.74, 6) is 1.65. The maximum Gasteiger partial charge on any atom is 0.226 e. The van der Waals surface area contributed by atoms with Crippen LogP contribution in [0.4, 0.5) is 0 Å². The Morgan fingerprint density at radius 2 is 1.85 bits per heavy atom. The molecule has 1 heterocycles. The van der Waals surface area contributed by atoms with Gasteiger partial charge in [-0.3, -0.25) is 4.79 Å². The predicted molar refractivity (Wildman–Crippen MR) is 112 cm³/mol. The molecule has 2 aromatic rings. The Morgan fingerprint density at radius 1 is 1.11 bits per heavy atom. The Bertz CT molecular complexity index is 751. The third-order valence-corrected chi connectivity index (χ3v) is 5.45. The number of nitrogens with two attached hydrogens (primary N) is 1. The number of rotatable bonds is 6. The molecule has 1 saturated heterocycles. The first-order chi connectivity index (χ1) is 12.6. The van der Waals surface area contributed by atoms with Gasteiger partial charge in [-0.1, -0.05) is 42.5 Å². The Labute approximate surface area is 168 Å². The first-order valence-corrected chi connectivity index (χ1v) is 9.32. The quantitative estimate of drug-likeness (QED) is 0.820. The molecule has 146 valence electrons. The number of carbonyl (C=O) groups is 1. The molecule has 0 bridgehead atoms. The van der Waals surface area contributed by atoms with E-state index in [1.54, 1.807) is 0 Å². The number of ether oxygens (including phenoxy) is 1. The zero-order valence-electron chi connectivity index (χ0n) is 16.1. The lowest BCUT2D eigenvalue weighted by molar-refractivity contribution is -0.130. The number of hydrogen-bond donors (Lipinski definition) is 1. The summed E-state index contributed by atoms with van der Waals surface area (Å²) in [6.07, 6.45) is 0.395. The van der Waals surface area contributed by atoms with E-state index in [1.807, 2.05) is 42.2 Å². The van der Waals surface area contributed by atoms with Crippen molar-refractivity contribution in [2.75, 3.05) is 26.2 Å². The minimum Gasteiger partial charge on any atom is -0.493 e. The SMILES string of the molecule is Cc1cccc(OCCC(=O)N2C[C@@H](CN)[C@H](c3ccccc3)C2)c1C.Cl. The van der Waals surface area contributed by atoms with Gasteiger partial charge in [-0.2, -0.15) is 0 Å². The maximum atomic E-state index is 12.6. The first-order valence-electron chi connectivity index (χ1n) is 9.32. The van der Waals surface area contributed by atoms with Crippen molar-refractivity contribution < 1.29 is 9.53 Å². The molecule has 1 amide bonds. The van der Waals surface area contributed by atoms with Crippen LogP contribution in [0.3, 0.4) is 0 Å². The molecule has 1 fully saturated rings. The lowest BCUT2D eigenvalue weighted by Gasteiger charge is -2.17. The second-order valence-electron chi connectivity index (χ2n) is 7.11. The normalized spacial score (nSPS) is 18.9. The molecule has 27 heavy (non-hydrogen) atoms. The number of benzene rings is 2. The Morgan fingerprint density at radius 3 is 2.56 bits per heavy atom. The Balaban J connectivity index is 0.00000261. The van der Waals surface area contributed by atoms with Crippen LogP contribution in [0.15, 0.2) is 48.5 Å². The largest absolute Gasteiger partial charge is 0.493 e. The third kappa shape index (κ3) is 5.02. The van der Waals surface area contributed by atoms with Gasteiger partial charge >= 0.3 is 0 Å². The molecule has 0 spiro atoms. The van der Waals surface area contributed by atoms with Crippen molar-refractivity contribution in [3.05, 3.63) is 65.2 Å². The van der Waals surface area contributed by atoms with Crippen LogP contribution in [0, 0.1) is 19.8 Å². The van der Waals surface area contributed by atoms with Crippen molar-refractivity contribution in [2.45, 2.75) is 26.2 Å². The average Bonchev–Trinajstić information content (AvgIpc) is 3.10. The zero-order valence-corrected chi connectivity index (χ0v) is 16.9. The number of carbonyl (C=O) groups excluding carboxylic acids is 1. The van der Waals surface area contributed by atoms with Gasteiger partial charge < -0.3 is 15.4 Å². The molecule has 2 N–H and O–H groups in total. The molecule has 2 atom stereocenters. The lowest BCUT2D eigenvalue weighted by atomic mass is 9.89. The highest BCUT2D eigenvalue weighted by molar-refractivity contribution is 5.85. The zero-order chi connectivity index (χ0) is 18.5. The number of hydrogen-bond acceptors (Lipinski definition) is 3. The number of likely N-dealkylation sites (tertiary alicyclic amines) is 1. The fraction of sp³-hybridized carbons (Fsp3) is 0.409. The van der Waals surface area contributed by atoms with Gasteiger partial charge in [-0.25, -0.2) is 0 Å². The molecule has 2 aromatic carbocycles. The summed E-state index contributed by atoms with van der Waals surface area (Å²) in [5, 5.41) is 0. The van der Waals surface area contributed by atoms with Crippen LogP contribution in [-0.4, -0.2) is 37.0 Å². The van der Waals surface area contributed by atoms with E-state index in [2.05, 4.69) is 25.1 Å². The standard InChI is InChI=1S/C22H28N2O2.ClH/c1-16-7-6-10-21(17(16)2)26-12-11-22(25)24-14-19(13-23)20(15-24)18-8-4-3-5-9-18;/h3-10,19-20H,11-15,23H2,1-2H3;1H/t19-,20+;/m1./s1. The van der Waals surface area contributed by atoms with Crippen molar-refractivity contribution in [2.24, 2.45) is 11.7 Å². The van der Waals surface area contributed by atoms with E-state index in [1.165, 1.54) is 11.1 Å². The number of aryl methyl sites for hydroxylation is 1. The summed E-state index contributed by atoms with van der Waals surface area (Å²) in [6, 6.07) is 16.4. The molecule has 5 heteroatoms. The van der Waals surface area contributed by atoms with Gasteiger partial charge in [0.05, 0.1) is 13.0 Å². The monoisotopic (exact) mass is 388 g/mol. The number of amides is 1. The predicted octanol–water partition coefficient (Wildman–Crippen LogP) is 3.70. The minimum atomic E-state index is 0. The Hall–Kier alpha value is -2.04. The van der Waals surface area contributed by atoms with E-state index in [-0.39, 0.29) is 18.3 Å². The molecule has 1 aliphatic heterocycles. The summed E-state index contributed by atoms with van der Waals surface area (Å²) < 4.78 is 5.84. The number of halogens is 1. The van der Waals surface area contributed by atoms with Gasteiger partial charge in [0.1, 0.15) is 5.75 Å². The van der Waals surface area contributed by atoms with E-state index >= 15 is 0 Å². The summed E-state index contributed by atoms with van der Waals surface area (Å²) in [6.45, 7) is 6.59. The van der Waals surface area contributed by atoms with Crippen molar-refractivity contribution in [1.29, 1.82) is 0 Å². The minimum absolute atomic E-state index is 0. The number of nitrogens with zero attached hydrogens (tertiary/aromatic N) is 1. The molecule has 0 radical (unpaired) electrons. The van der Waals surface area contributed by atoms with E-state index < -0.39 is 0 Å². The molecule has 0 unspecified atom stereocenters. The van der Waals surface area contributed by atoms with Crippen molar-refractivity contribution >= 4 is 18.3 Å². The molecule has 4 nitrogen and oxygen atoms in total. The van der Waals surface area contributed by atoms with Crippen molar-refractivity contribution in [3.8, 4) is 5.75 Å². The van der Waals surface area contributed by atoms with Gasteiger partial charge in [0.25, 0.3) is 0 Å². The molecule has 0 aliphatic carbocycles. The molecule has 1 aliphatic rings. The van der Waals surface area contributed by atoms with E-state index in [0.717, 1.165) is 24.4 Å². The fourth-order valence-corrected chi connectivity index (χ4v) is 3.68. The summed E-state index contributed by atoms with van der Waals surface area (Å²) >= 11 is 0. The Kier molecular flexibility index (Phi) is 7.69. The van der Waals surface area contributed by atoms with Crippen LogP contribution >= 0.6 is 12.4 Å². The fourth-order valence-electron chi connectivity index (χ4n) is 3.68. The highest BCUT2D eigenvalue weighted by atomic mass is 35.5.